The Morgan fingerprint density at radius 3 is 2.82 bits per heavy atom. The zero-order chi connectivity index (χ0) is 19.7. The highest BCUT2D eigenvalue weighted by Crippen LogP contribution is 2.33. The maximum Gasteiger partial charge on any atom is 0.301 e. The molecule has 0 spiro atoms. The van der Waals surface area contributed by atoms with Crippen LogP contribution in [0.25, 0.3) is 0 Å². The molecule has 2 N–H and O–H groups in total. The van der Waals surface area contributed by atoms with Crippen molar-refractivity contribution in [3.05, 3.63) is 59.0 Å². The van der Waals surface area contributed by atoms with E-state index in [0.29, 0.717) is 36.8 Å². The van der Waals surface area contributed by atoms with Crippen LogP contribution >= 0.6 is 11.6 Å². The van der Waals surface area contributed by atoms with E-state index in [9.17, 15) is 9.59 Å². The van der Waals surface area contributed by atoms with Gasteiger partial charge in [0.05, 0.1) is 25.1 Å². The highest BCUT2D eigenvalue weighted by molar-refractivity contribution is 6.30. The number of quaternary nitrogens is 1. The smallest absolute Gasteiger partial charge is 0.301 e. The number of carbonyl (C=O) groups excluding carboxylic acids is 2. The van der Waals surface area contributed by atoms with Crippen LogP contribution in [0.3, 0.4) is 0 Å². The molecule has 0 aliphatic carbocycles. The van der Waals surface area contributed by atoms with Crippen LogP contribution in [0.4, 0.5) is 0 Å². The van der Waals surface area contributed by atoms with E-state index in [1.807, 2.05) is 43.3 Å². The second-order valence-corrected chi connectivity index (χ2v) is 7.56. The number of carbonyl (C=O) groups is 2. The molecule has 2 aromatic rings. The van der Waals surface area contributed by atoms with E-state index in [1.54, 1.807) is 6.26 Å². The zero-order valence-electron chi connectivity index (χ0n) is 15.5. The molecule has 8 heteroatoms. The molecule has 3 atom stereocenters. The molecule has 1 unspecified atom stereocenters. The minimum atomic E-state index is -0.378. The summed E-state index contributed by atoms with van der Waals surface area (Å²) in [6.45, 7) is 3.43. The number of benzene rings is 1. The Balaban J connectivity index is 1.61. The maximum atomic E-state index is 13.3. The summed E-state index contributed by atoms with van der Waals surface area (Å²) in [4.78, 5) is 26.0. The van der Waals surface area contributed by atoms with Crippen molar-refractivity contribution >= 4 is 29.1 Å². The summed E-state index contributed by atoms with van der Waals surface area (Å²) in [6.07, 6.45) is 2.16. The number of hydrazone groups is 1. The van der Waals surface area contributed by atoms with Gasteiger partial charge in [-0.1, -0.05) is 23.7 Å². The molecule has 0 bridgehead atoms. The standard InChI is InChI=1S/C20H21ClN4O3/c1-13(24-9-8-22-19(26)12-24)20(27)25-17(18-3-2-10-28-18)11-16(23-25)14-4-6-15(21)7-5-14/h2-7,10,13,17H,8-9,11-12H2,1H3,(H,22,26)/p+1/t13-,17-/m1/s1. The first kappa shape index (κ1) is 18.7. The summed E-state index contributed by atoms with van der Waals surface area (Å²) in [7, 11) is 0. The molecule has 2 aliphatic heterocycles. The van der Waals surface area contributed by atoms with Crippen LogP contribution in [0.2, 0.25) is 5.02 Å². The van der Waals surface area contributed by atoms with Crippen LogP contribution in [0, 0.1) is 0 Å². The molecule has 4 rings (SSSR count). The van der Waals surface area contributed by atoms with Crippen molar-refractivity contribution in [3.63, 3.8) is 0 Å². The molecule has 0 radical (unpaired) electrons. The fraction of sp³-hybridized carbons (Fsp3) is 0.350. The van der Waals surface area contributed by atoms with E-state index in [2.05, 4.69) is 10.4 Å². The molecule has 1 fully saturated rings. The Morgan fingerprint density at radius 1 is 1.36 bits per heavy atom. The molecule has 0 saturated carbocycles. The number of hydrogen-bond donors (Lipinski definition) is 2. The van der Waals surface area contributed by atoms with Crippen molar-refractivity contribution < 1.29 is 18.9 Å². The number of furan rings is 1. The molecule has 1 saturated heterocycles. The minimum absolute atomic E-state index is 0.0322. The third-order valence-corrected chi connectivity index (χ3v) is 5.58. The lowest BCUT2D eigenvalue weighted by Gasteiger charge is -2.30. The number of amides is 2. The summed E-state index contributed by atoms with van der Waals surface area (Å²) in [5, 5.41) is 9.62. The molecule has 28 heavy (non-hydrogen) atoms. The van der Waals surface area contributed by atoms with Gasteiger partial charge in [-0.05, 0) is 36.8 Å². The van der Waals surface area contributed by atoms with Crippen LogP contribution < -0.4 is 10.2 Å². The highest BCUT2D eigenvalue weighted by atomic mass is 35.5. The average molecular weight is 402 g/mol. The van der Waals surface area contributed by atoms with E-state index in [-0.39, 0.29) is 23.9 Å². The Kier molecular flexibility index (Phi) is 5.19. The molecule has 1 aromatic heterocycles. The largest absolute Gasteiger partial charge is 0.467 e. The van der Waals surface area contributed by atoms with Gasteiger partial charge in [-0.3, -0.25) is 9.59 Å². The van der Waals surface area contributed by atoms with Gasteiger partial charge < -0.3 is 14.6 Å². The lowest BCUT2D eigenvalue weighted by Crippen LogP contribution is -3.19. The quantitative estimate of drug-likeness (QED) is 0.802. The van der Waals surface area contributed by atoms with Crippen LogP contribution in [-0.4, -0.2) is 48.2 Å². The van der Waals surface area contributed by atoms with Gasteiger partial charge in [-0.15, -0.1) is 0 Å². The van der Waals surface area contributed by atoms with Crippen LogP contribution in [0.5, 0.6) is 0 Å². The predicted molar refractivity (Wildman–Crippen MR) is 104 cm³/mol. The first-order valence-corrected chi connectivity index (χ1v) is 9.72. The fourth-order valence-electron chi connectivity index (χ4n) is 3.70. The predicted octanol–water partition coefficient (Wildman–Crippen LogP) is 1.01. The van der Waals surface area contributed by atoms with Gasteiger partial charge in [0.2, 0.25) is 0 Å². The van der Waals surface area contributed by atoms with Gasteiger partial charge in [-0.25, -0.2) is 5.01 Å². The lowest BCUT2D eigenvalue weighted by molar-refractivity contribution is -0.908. The lowest BCUT2D eigenvalue weighted by atomic mass is 10.0. The van der Waals surface area contributed by atoms with Crippen molar-refractivity contribution in [2.75, 3.05) is 19.6 Å². The molecule has 7 nitrogen and oxygen atoms in total. The van der Waals surface area contributed by atoms with E-state index >= 15 is 0 Å². The fourth-order valence-corrected chi connectivity index (χ4v) is 3.82. The number of piperazine rings is 1. The summed E-state index contributed by atoms with van der Waals surface area (Å²) in [5.41, 5.74) is 1.73. The van der Waals surface area contributed by atoms with Crippen molar-refractivity contribution in [3.8, 4) is 0 Å². The van der Waals surface area contributed by atoms with Gasteiger partial charge in [0.15, 0.2) is 12.6 Å². The Hall–Kier alpha value is -2.64. The number of halogens is 1. The number of hydrogen-bond acceptors (Lipinski definition) is 4. The number of rotatable bonds is 4. The molecule has 146 valence electrons. The summed E-state index contributed by atoms with van der Waals surface area (Å²) in [6, 6.07) is 10.4. The van der Waals surface area contributed by atoms with Gasteiger partial charge in [0.1, 0.15) is 11.8 Å². The van der Waals surface area contributed by atoms with Gasteiger partial charge in [0, 0.05) is 11.4 Å². The first-order chi connectivity index (χ1) is 13.5. The van der Waals surface area contributed by atoms with Crippen LogP contribution in [-0.2, 0) is 9.59 Å². The van der Waals surface area contributed by atoms with Gasteiger partial charge in [0.25, 0.3) is 5.91 Å². The minimum Gasteiger partial charge on any atom is -0.467 e. The van der Waals surface area contributed by atoms with Crippen molar-refractivity contribution in [1.82, 2.24) is 10.3 Å². The monoisotopic (exact) mass is 401 g/mol. The van der Waals surface area contributed by atoms with E-state index < -0.39 is 0 Å². The zero-order valence-corrected chi connectivity index (χ0v) is 16.3. The molecule has 1 aromatic carbocycles. The first-order valence-electron chi connectivity index (χ1n) is 9.34. The molecule has 2 amide bonds. The Labute approximate surface area is 167 Å². The molecule has 2 aliphatic rings. The van der Waals surface area contributed by atoms with E-state index in [0.717, 1.165) is 16.2 Å². The summed E-state index contributed by atoms with van der Waals surface area (Å²) < 4.78 is 5.58. The van der Waals surface area contributed by atoms with Crippen molar-refractivity contribution in [2.45, 2.75) is 25.4 Å². The van der Waals surface area contributed by atoms with Gasteiger partial charge >= 0.3 is 5.91 Å². The topological polar surface area (TPSA) is 79.3 Å². The normalized spacial score (nSPS) is 23.3. The Morgan fingerprint density at radius 2 is 2.14 bits per heavy atom. The average Bonchev–Trinajstić information content (AvgIpc) is 3.37. The van der Waals surface area contributed by atoms with Crippen LogP contribution in [0.1, 0.15) is 30.7 Å². The number of nitrogens with zero attached hydrogens (tertiary/aromatic N) is 2. The maximum absolute atomic E-state index is 13.3. The van der Waals surface area contributed by atoms with Gasteiger partial charge in [-0.2, -0.15) is 5.10 Å². The SMILES string of the molecule is C[C@H](C(=O)N1N=C(c2ccc(Cl)cc2)C[C@@H]1c1ccco1)[NH+]1CCNC(=O)C1. The third-order valence-electron chi connectivity index (χ3n) is 5.32. The molecular formula is C20H22ClN4O3+. The highest BCUT2D eigenvalue weighted by Gasteiger charge is 2.40. The van der Waals surface area contributed by atoms with Crippen LogP contribution in [0.15, 0.2) is 52.2 Å². The molecule has 3 heterocycles. The third kappa shape index (κ3) is 3.68. The second kappa shape index (κ2) is 7.77. The summed E-state index contributed by atoms with van der Waals surface area (Å²) in [5.74, 6) is 0.546. The van der Waals surface area contributed by atoms with Crippen molar-refractivity contribution in [2.24, 2.45) is 5.10 Å². The van der Waals surface area contributed by atoms with E-state index in [1.165, 1.54) is 5.01 Å². The van der Waals surface area contributed by atoms with E-state index in [4.69, 9.17) is 16.0 Å². The number of nitrogens with one attached hydrogen (secondary N) is 2. The Bertz CT molecular complexity index is 895. The summed E-state index contributed by atoms with van der Waals surface area (Å²) >= 11 is 5.99. The van der Waals surface area contributed by atoms with Crippen molar-refractivity contribution in [1.29, 1.82) is 0 Å². The molecular weight excluding hydrogens is 380 g/mol. The second-order valence-electron chi connectivity index (χ2n) is 7.13.